The van der Waals surface area contributed by atoms with Crippen molar-refractivity contribution in [3.63, 3.8) is 0 Å². The topological polar surface area (TPSA) is 89.4 Å². The number of amides is 1. The summed E-state index contributed by atoms with van der Waals surface area (Å²) in [5.41, 5.74) is 0.756. The number of carbonyl (C=O) groups excluding carboxylic acids is 1. The molecule has 29 heavy (non-hydrogen) atoms. The summed E-state index contributed by atoms with van der Waals surface area (Å²) in [5, 5.41) is 2.86. The van der Waals surface area contributed by atoms with Crippen LogP contribution in [0.2, 0.25) is 0 Å². The minimum absolute atomic E-state index is 0.0811. The molecule has 2 aromatic carbocycles. The molecular weight excluding hydrogens is 394 g/mol. The molecular formula is C20H26N3O5S+. The van der Waals surface area contributed by atoms with Crippen molar-refractivity contribution in [2.24, 2.45) is 0 Å². The minimum Gasteiger partial charge on any atom is -0.493 e. The third kappa shape index (κ3) is 5.06. The van der Waals surface area contributed by atoms with E-state index in [2.05, 4.69) is 5.32 Å². The van der Waals surface area contributed by atoms with E-state index in [9.17, 15) is 13.2 Å². The number of anilines is 1. The standard InChI is InChI=1S/C20H25N3O5S/c1-27-18-9-8-17(14-19(18)28-2)29(25,26)23-12-10-22(11-13-23)15-20(24)21-16-6-4-3-5-7-16/h3-9,14H,10-13,15H2,1-2H3,(H,21,24)/p+1. The summed E-state index contributed by atoms with van der Waals surface area (Å²) in [6.07, 6.45) is 0. The van der Waals surface area contributed by atoms with E-state index in [1.807, 2.05) is 30.3 Å². The van der Waals surface area contributed by atoms with Gasteiger partial charge in [0.05, 0.1) is 45.3 Å². The zero-order valence-corrected chi connectivity index (χ0v) is 17.4. The van der Waals surface area contributed by atoms with E-state index in [4.69, 9.17) is 9.47 Å². The molecule has 0 bridgehead atoms. The zero-order chi connectivity index (χ0) is 20.9. The summed E-state index contributed by atoms with van der Waals surface area (Å²) in [6.45, 7) is 2.14. The van der Waals surface area contributed by atoms with Gasteiger partial charge in [-0.15, -0.1) is 0 Å². The second-order valence-electron chi connectivity index (χ2n) is 6.76. The second kappa shape index (κ2) is 9.25. The van der Waals surface area contributed by atoms with Crippen LogP contribution in [0.5, 0.6) is 11.5 Å². The average Bonchev–Trinajstić information content (AvgIpc) is 2.74. The SMILES string of the molecule is COc1ccc(S(=O)(=O)N2CC[NH+](CC(=O)Nc3ccccc3)CC2)cc1OC. The number of para-hydroxylation sites is 1. The van der Waals surface area contributed by atoms with E-state index in [0.29, 0.717) is 44.2 Å². The fraction of sp³-hybridized carbons (Fsp3) is 0.350. The van der Waals surface area contributed by atoms with Gasteiger partial charge >= 0.3 is 0 Å². The van der Waals surface area contributed by atoms with Crippen molar-refractivity contribution in [1.82, 2.24) is 4.31 Å². The molecule has 0 saturated carbocycles. The van der Waals surface area contributed by atoms with E-state index in [1.165, 1.54) is 30.7 Å². The van der Waals surface area contributed by atoms with Crippen molar-refractivity contribution in [2.75, 3.05) is 52.3 Å². The van der Waals surface area contributed by atoms with E-state index < -0.39 is 10.0 Å². The summed E-state index contributed by atoms with van der Waals surface area (Å²) in [4.78, 5) is 13.4. The normalized spacial score (nSPS) is 15.7. The molecule has 0 aromatic heterocycles. The third-order valence-electron chi connectivity index (χ3n) is 4.89. The van der Waals surface area contributed by atoms with Crippen LogP contribution in [-0.2, 0) is 14.8 Å². The largest absolute Gasteiger partial charge is 0.493 e. The fourth-order valence-corrected chi connectivity index (χ4v) is 4.76. The zero-order valence-electron chi connectivity index (χ0n) is 16.6. The van der Waals surface area contributed by atoms with Gasteiger partial charge in [-0.05, 0) is 24.3 Å². The Morgan fingerprint density at radius 1 is 1.03 bits per heavy atom. The number of nitrogens with zero attached hydrogens (tertiary/aromatic N) is 1. The Labute approximate surface area is 171 Å². The van der Waals surface area contributed by atoms with E-state index in [0.717, 1.165) is 10.6 Å². The Bertz CT molecular complexity index is 942. The number of ether oxygens (including phenoxy) is 2. The molecule has 0 radical (unpaired) electrons. The highest BCUT2D eigenvalue weighted by molar-refractivity contribution is 7.89. The Morgan fingerprint density at radius 3 is 2.31 bits per heavy atom. The number of nitrogens with one attached hydrogen (secondary N) is 2. The van der Waals surface area contributed by atoms with Gasteiger partial charge in [-0.2, -0.15) is 4.31 Å². The first-order valence-electron chi connectivity index (χ1n) is 9.34. The molecule has 1 heterocycles. The summed E-state index contributed by atoms with van der Waals surface area (Å²) in [7, 11) is -0.665. The van der Waals surface area contributed by atoms with Crippen molar-refractivity contribution in [3.8, 4) is 11.5 Å². The maximum Gasteiger partial charge on any atom is 0.279 e. The summed E-state index contributed by atoms with van der Waals surface area (Å²) in [6, 6.07) is 13.9. The number of methoxy groups -OCH3 is 2. The molecule has 1 amide bonds. The number of benzene rings is 2. The molecule has 0 unspecified atom stereocenters. The lowest BCUT2D eigenvalue weighted by atomic mass is 10.3. The Morgan fingerprint density at radius 2 is 1.69 bits per heavy atom. The van der Waals surface area contributed by atoms with Crippen LogP contribution in [-0.4, -0.2) is 65.6 Å². The molecule has 9 heteroatoms. The highest BCUT2D eigenvalue weighted by atomic mass is 32.2. The molecule has 156 valence electrons. The number of quaternary nitrogens is 1. The third-order valence-corrected chi connectivity index (χ3v) is 6.79. The van der Waals surface area contributed by atoms with Crippen molar-refractivity contribution >= 4 is 21.6 Å². The maximum atomic E-state index is 13.0. The fourth-order valence-electron chi connectivity index (χ4n) is 3.30. The molecule has 8 nitrogen and oxygen atoms in total. The first-order chi connectivity index (χ1) is 13.9. The number of sulfonamides is 1. The molecule has 1 fully saturated rings. The number of hydrogen-bond donors (Lipinski definition) is 2. The quantitative estimate of drug-likeness (QED) is 0.670. The first-order valence-corrected chi connectivity index (χ1v) is 10.8. The molecule has 0 aliphatic carbocycles. The Hall–Kier alpha value is -2.62. The van der Waals surface area contributed by atoms with Gasteiger partial charge in [0, 0.05) is 11.8 Å². The monoisotopic (exact) mass is 420 g/mol. The molecule has 0 spiro atoms. The first kappa shape index (κ1) is 21.1. The maximum absolute atomic E-state index is 13.0. The van der Waals surface area contributed by atoms with Crippen LogP contribution in [0.4, 0.5) is 5.69 Å². The van der Waals surface area contributed by atoms with Gasteiger partial charge in [-0.1, -0.05) is 18.2 Å². The van der Waals surface area contributed by atoms with Gasteiger partial charge in [0.25, 0.3) is 5.91 Å². The lowest BCUT2D eigenvalue weighted by molar-refractivity contribution is -0.895. The van der Waals surface area contributed by atoms with Gasteiger partial charge in [0.15, 0.2) is 18.0 Å². The molecule has 2 N–H and O–H groups in total. The summed E-state index contributed by atoms with van der Waals surface area (Å²) >= 11 is 0. The predicted octanol–water partition coefficient (Wildman–Crippen LogP) is 0.232. The molecule has 1 saturated heterocycles. The van der Waals surface area contributed by atoms with Crippen LogP contribution in [0, 0.1) is 0 Å². The van der Waals surface area contributed by atoms with E-state index >= 15 is 0 Å². The summed E-state index contributed by atoms with van der Waals surface area (Å²) < 4.78 is 37.8. The number of carbonyl (C=O) groups is 1. The highest BCUT2D eigenvalue weighted by Gasteiger charge is 2.31. The van der Waals surface area contributed by atoms with E-state index in [1.54, 1.807) is 6.07 Å². The van der Waals surface area contributed by atoms with Gasteiger partial charge in [-0.3, -0.25) is 4.79 Å². The van der Waals surface area contributed by atoms with Crippen LogP contribution in [0.15, 0.2) is 53.4 Å². The molecule has 3 rings (SSSR count). The van der Waals surface area contributed by atoms with Gasteiger partial charge < -0.3 is 19.7 Å². The van der Waals surface area contributed by atoms with Crippen LogP contribution in [0.1, 0.15) is 0 Å². The number of rotatable bonds is 7. The Kier molecular flexibility index (Phi) is 6.73. The second-order valence-corrected chi connectivity index (χ2v) is 8.70. The van der Waals surface area contributed by atoms with Crippen LogP contribution in [0.25, 0.3) is 0 Å². The lowest BCUT2D eigenvalue weighted by Gasteiger charge is -2.31. The van der Waals surface area contributed by atoms with Crippen molar-refractivity contribution in [2.45, 2.75) is 4.90 Å². The number of hydrogen-bond acceptors (Lipinski definition) is 5. The summed E-state index contributed by atoms with van der Waals surface area (Å²) in [5.74, 6) is 0.767. The molecule has 2 aromatic rings. The molecule has 0 atom stereocenters. The molecule has 1 aliphatic heterocycles. The van der Waals surface area contributed by atoms with E-state index in [-0.39, 0.29) is 10.8 Å². The van der Waals surface area contributed by atoms with Crippen LogP contribution in [0.3, 0.4) is 0 Å². The highest BCUT2D eigenvalue weighted by Crippen LogP contribution is 2.30. The van der Waals surface area contributed by atoms with Gasteiger partial charge in [0.1, 0.15) is 0 Å². The van der Waals surface area contributed by atoms with Gasteiger partial charge in [-0.25, -0.2) is 8.42 Å². The smallest absolute Gasteiger partial charge is 0.279 e. The van der Waals surface area contributed by atoms with Gasteiger partial charge in [0.2, 0.25) is 10.0 Å². The van der Waals surface area contributed by atoms with Crippen LogP contribution < -0.4 is 19.7 Å². The predicted molar refractivity (Wildman–Crippen MR) is 109 cm³/mol. The van der Waals surface area contributed by atoms with Crippen molar-refractivity contribution < 1.29 is 27.6 Å². The molecule has 1 aliphatic rings. The number of piperazine rings is 1. The average molecular weight is 421 g/mol. The van der Waals surface area contributed by atoms with Crippen molar-refractivity contribution in [1.29, 1.82) is 0 Å². The van der Waals surface area contributed by atoms with Crippen molar-refractivity contribution in [3.05, 3.63) is 48.5 Å². The minimum atomic E-state index is -3.64. The Balaban J connectivity index is 1.59. The van der Waals surface area contributed by atoms with Crippen LogP contribution >= 0.6 is 0 Å². The lowest BCUT2D eigenvalue weighted by Crippen LogP contribution is -3.15.